The number of nitrogens with two attached hydrogens (primary N) is 1. The number of rotatable bonds is 2. The van der Waals surface area contributed by atoms with E-state index in [1.54, 1.807) is 6.20 Å². The molecule has 0 saturated carbocycles. The SMILES string of the molecule is CC=CNNC(N)=S. The predicted octanol–water partition coefficient (Wildman–Crippen LogP) is -0.142. The van der Waals surface area contributed by atoms with Gasteiger partial charge in [-0.2, -0.15) is 0 Å². The molecule has 0 aromatic carbocycles. The van der Waals surface area contributed by atoms with Crippen LogP contribution >= 0.6 is 12.2 Å². The van der Waals surface area contributed by atoms with Crippen molar-refractivity contribution in [3.63, 3.8) is 0 Å². The molecule has 0 heterocycles. The van der Waals surface area contributed by atoms with Crippen molar-refractivity contribution in [2.24, 2.45) is 5.73 Å². The quantitative estimate of drug-likeness (QED) is 0.360. The Morgan fingerprint density at radius 2 is 2.38 bits per heavy atom. The van der Waals surface area contributed by atoms with Gasteiger partial charge in [-0.1, -0.05) is 6.08 Å². The molecule has 0 aliphatic heterocycles. The number of hydrogen-bond donors (Lipinski definition) is 3. The van der Waals surface area contributed by atoms with Crippen LogP contribution in [0.1, 0.15) is 6.92 Å². The summed E-state index contributed by atoms with van der Waals surface area (Å²) in [7, 11) is 0. The van der Waals surface area contributed by atoms with E-state index in [1.807, 2.05) is 13.0 Å². The minimum absolute atomic E-state index is 0.239. The third-order valence-electron chi connectivity index (χ3n) is 0.445. The number of nitrogens with one attached hydrogen (secondary N) is 2. The Labute approximate surface area is 53.9 Å². The normalized spacial score (nSPS) is 9.12. The first kappa shape index (κ1) is 7.23. The van der Waals surface area contributed by atoms with Gasteiger partial charge in [-0.25, -0.2) is 0 Å². The summed E-state index contributed by atoms with van der Waals surface area (Å²) in [6, 6.07) is 0. The second-order valence-corrected chi connectivity index (χ2v) is 1.57. The molecule has 0 bridgehead atoms. The van der Waals surface area contributed by atoms with Gasteiger partial charge in [0.15, 0.2) is 5.11 Å². The molecule has 0 aromatic rings. The summed E-state index contributed by atoms with van der Waals surface area (Å²) < 4.78 is 0. The first-order valence-electron chi connectivity index (χ1n) is 2.19. The van der Waals surface area contributed by atoms with Gasteiger partial charge in [0.1, 0.15) is 0 Å². The van der Waals surface area contributed by atoms with Crippen LogP contribution in [-0.2, 0) is 0 Å². The number of hydrogen-bond acceptors (Lipinski definition) is 2. The fourth-order valence-electron chi connectivity index (χ4n) is 0.196. The van der Waals surface area contributed by atoms with Crippen molar-refractivity contribution in [1.82, 2.24) is 10.9 Å². The standard InChI is InChI=1S/C4H9N3S/c1-2-3-6-7-4(5)8/h2-3,6H,1H3,(H3,5,7,8). The van der Waals surface area contributed by atoms with E-state index in [0.29, 0.717) is 0 Å². The first-order chi connectivity index (χ1) is 3.77. The maximum Gasteiger partial charge on any atom is 0.182 e. The maximum atomic E-state index is 5.06. The van der Waals surface area contributed by atoms with Gasteiger partial charge in [-0.3, -0.25) is 5.43 Å². The second-order valence-electron chi connectivity index (χ2n) is 1.13. The Hall–Kier alpha value is -0.770. The van der Waals surface area contributed by atoms with Crippen LogP contribution in [0.25, 0.3) is 0 Å². The van der Waals surface area contributed by atoms with Crippen molar-refractivity contribution in [2.45, 2.75) is 6.92 Å². The van der Waals surface area contributed by atoms with Gasteiger partial charge in [0.2, 0.25) is 0 Å². The molecule has 0 radical (unpaired) electrons. The van der Waals surface area contributed by atoms with Gasteiger partial charge in [-0.15, -0.1) is 0 Å². The van der Waals surface area contributed by atoms with E-state index in [9.17, 15) is 0 Å². The molecule has 0 aromatic heterocycles. The molecule has 8 heavy (non-hydrogen) atoms. The van der Waals surface area contributed by atoms with Crippen LogP contribution in [0.2, 0.25) is 0 Å². The lowest BCUT2D eigenvalue weighted by molar-refractivity contribution is 0.822. The summed E-state index contributed by atoms with van der Waals surface area (Å²) in [5.74, 6) is 0. The van der Waals surface area contributed by atoms with E-state index < -0.39 is 0 Å². The van der Waals surface area contributed by atoms with Crippen molar-refractivity contribution in [3.8, 4) is 0 Å². The van der Waals surface area contributed by atoms with Crippen molar-refractivity contribution < 1.29 is 0 Å². The number of allylic oxidation sites excluding steroid dienone is 1. The average molecular weight is 131 g/mol. The molecule has 4 heteroatoms. The molecule has 0 saturated heterocycles. The van der Waals surface area contributed by atoms with Gasteiger partial charge < -0.3 is 11.2 Å². The van der Waals surface area contributed by atoms with Gasteiger partial charge in [0, 0.05) is 6.20 Å². The minimum Gasteiger partial charge on any atom is -0.375 e. The number of hydrazine groups is 1. The summed E-state index contributed by atoms with van der Waals surface area (Å²) in [5, 5.41) is 0.239. The Morgan fingerprint density at radius 1 is 1.75 bits per heavy atom. The highest BCUT2D eigenvalue weighted by Crippen LogP contribution is 1.57. The average Bonchev–Trinajstić information content (AvgIpc) is 1.66. The fraction of sp³-hybridized carbons (Fsp3) is 0.250. The molecular weight excluding hydrogens is 122 g/mol. The fourth-order valence-corrected chi connectivity index (χ4v) is 0.255. The second kappa shape index (κ2) is 4.39. The topological polar surface area (TPSA) is 50.1 Å². The molecule has 0 atom stereocenters. The summed E-state index contributed by atoms with van der Waals surface area (Å²) >= 11 is 4.48. The van der Waals surface area contributed by atoms with Crippen molar-refractivity contribution in [3.05, 3.63) is 12.3 Å². The minimum atomic E-state index is 0.239. The molecule has 0 spiro atoms. The van der Waals surface area contributed by atoms with E-state index in [2.05, 4.69) is 23.1 Å². The van der Waals surface area contributed by atoms with Gasteiger partial charge in [-0.05, 0) is 19.1 Å². The van der Waals surface area contributed by atoms with E-state index in [-0.39, 0.29) is 5.11 Å². The van der Waals surface area contributed by atoms with Crippen LogP contribution in [0.3, 0.4) is 0 Å². The zero-order valence-electron chi connectivity index (χ0n) is 4.64. The molecule has 3 nitrogen and oxygen atoms in total. The van der Waals surface area contributed by atoms with E-state index >= 15 is 0 Å². The Bertz CT molecular complexity index is 99.5. The third kappa shape index (κ3) is 5.23. The lowest BCUT2D eigenvalue weighted by Gasteiger charge is -1.99. The Morgan fingerprint density at radius 3 is 2.75 bits per heavy atom. The molecule has 0 fully saturated rings. The Balaban J connectivity index is 3.05. The number of thiocarbonyl (C=S) groups is 1. The molecule has 4 N–H and O–H groups in total. The molecule has 0 amide bonds. The predicted molar refractivity (Wildman–Crippen MR) is 37.9 cm³/mol. The summed E-state index contributed by atoms with van der Waals surface area (Å²) in [6.07, 6.45) is 3.52. The lowest BCUT2D eigenvalue weighted by Crippen LogP contribution is -2.37. The summed E-state index contributed by atoms with van der Waals surface area (Å²) in [6.45, 7) is 1.88. The van der Waals surface area contributed by atoms with E-state index in [4.69, 9.17) is 5.73 Å². The molecular formula is C4H9N3S. The van der Waals surface area contributed by atoms with Crippen LogP contribution < -0.4 is 16.6 Å². The van der Waals surface area contributed by atoms with E-state index in [0.717, 1.165) is 0 Å². The largest absolute Gasteiger partial charge is 0.375 e. The van der Waals surface area contributed by atoms with Crippen molar-refractivity contribution in [1.29, 1.82) is 0 Å². The summed E-state index contributed by atoms with van der Waals surface area (Å²) in [5.41, 5.74) is 10.2. The first-order valence-corrected chi connectivity index (χ1v) is 2.60. The van der Waals surface area contributed by atoms with Crippen LogP contribution in [0.5, 0.6) is 0 Å². The van der Waals surface area contributed by atoms with Crippen LogP contribution in [0.4, 0.5) is 0 Å². The smallest absolute Gasteiger partial charge is 0.182 e. The zero-order chi connectivity index (χ0) is 6.41. The van der Waals surface area contributed by atoms with Crippen molar-refractivity contribution >= 4 is 17.3 Å². The van der Waals surface area contributed by atoms with E-state index in [1.165, 1.54) is 0 Å². The highest BCUT2D eigenvalue weighted by atomic mass is 32.1. The van der Waals surface area contributed by atoms with Crippen LogP contribution in [-0.4, -0.2) is 5.11 Å². The molecule has 0 unspecified atom stereocenters. The monoisotopic (exact) mass is 131 g/mol. The highest BCUT2D eigenvalue weighted by Gasteiger charge is 1.74. The maximum absolute atomic E-state index is 5.06. The van der Waals surface area contributed by atoms with Crippen LogP contribution in [0.15, 0.2) is 12.3 Å². The molecule has 0 aliphatic rings. The highest BCUT2D eigenvalue weighted by molar-refractivity contribution is 7.80. The molecule has 46 valence electrons. The zero-order valence-corrected chi connectivity index (χ0v) is 5.46. The van der Waals surface area contributed by atoms with Gasteiger partial charge >= 0.3 is 0 Å². The molecule has 0 aliphatic carbocycles. The molecule has 0 rings (SSSR count). The lowest BCUT2D eigenvalue weighted by atomic mass is 10.7. The summed E-state index contributed by atoms with van der Waals surface area (Å²) in [4.78, 5) is 0. The van der Waals surface area contributed by atoms with Crippen LogP contribution in [0, 0.1) is 0 Å². The Kier molecular flexibility index (Phi) is 3.97. The van der Waals surface area contributed by atoms with Gasteiger partial charge in [0.25, 0.3) is 0 Å². The third-order valence-corrected chi connectivity index (χ3v) is 0.547. The van der Waals surface area contributed by atoms with Crippen molar-refractivity contribution in [2.75, 3.05) is 0 Å². The van der Waals surface area contributed by atoms with Gasteiger partial charge in [0.05, 0.1) is 0 Å².